The number of rotatable bonds is 3. The fraction of sp³-hybridized carbons (Fsp3) is 0.611. The highest BCUT2D eigenvalue weighted by Gasteiger charge is 2.29. The van der Waals surface area contributed by atoms with Gasteiger partial charge < -0.3 is 10.2 Å². The molecule has 1 aromatic rings. The highest BCUT2D eigenvalue weighted by molar-refractivity contribution is 7.89. The summed E-state index contributed by atoms with van der Waals surface area (Å²) in [6.45, 7) is 7.09. The number of carbonyl (C=O) groups is 1. The lowest BCUT2D eigenvalue weighted by molar-refractivity contribution is 0.0655. The number of sulfonamides is 1. The molecule has 2 aliphatic heterocycles. The number of halogens is 1. The average Bonchev–Trinajstić information content (AvgIpc) is 2.62. The van der Waals surface area contributed by atoms with Crippen LogP contribution in [0.1, 0.15) is 42.1 Å². The Bertz CT molecular complexity index is 748. The number of hydrogen-bond acceptors (Lipinski definition) is 4. The molecule has 0 aromatic heterocycles. The van der Waals surface area contributed by atoms with Crippen LogP contribution in [0.25, 0.3) is 0 Å². The second-order valence-corrected chi connectivity index (χ2v) is 8.90. The third-order valence-corrected chi connectivity index (χ3v) is 7.17. The Hall–Kier alpha value is -1.15. The minimum Gasteiger partial charge on any atom is -0.333 e. The topological polar surface area (TPSA) is 69.7 Å². The van der Waals surface area contributed by atoms with Gasteiger partial charge in [-0.1, -0.05) is 12.5 Å². The van der Waals surface area contributed by atoms with Gasteiger partial charge in [0.25, 0.3) is 5.91 Å². The number of nitrogens with zero attached hydrogens (tertiary/aromatic N) is 2. The molecule has 8 heteroatoms. The predicted octanol–water partition coefficient (Wildman–Crippen LogP) is 2.03. The Labute approximate surface area is 162 Å². The highest BCUT2D eigenvalue weighted by atomic mass is 35.5. The molecule has 0 aliphatic carbocycles. The summed E-state index contributed by atoms with van der Waals surface area (Å²) in [5.74, 6) is -0.0934. The minimum absolute atomic E-state index is 0. The van der Waals surface area contributed by atoms with Gasteiger partial charge in [0.05, 0.1) is 4.90 Å². The van der Waals surface area contributed by atoms with Gasteiger partial charge in [-0.25, -0.2) is 8.42 Å². The van der Waals surface area contributed by atoms with E-state index in [-0.39, 0.29) is 29.3 Å². The van der Waals surface area contributed by atoms with Crippen molar-refractivity contribution in [3.8, 4) is 0 Å². The third kappa shape index (κ3) is 4.22. The maximum absolute atomic E-state index is 13.0. The van der Waals surface area contributed by atoms with Crippen LogP contribution in [0.15, 0.2) is 23.1 Å². The fourth-order valence-corrected chi connectivity index (χ4v) is 5.33. The maximum atomic E-state index is 13.0. The summed E-state index contributed by atoms with van der Waals surface area (Å²) < 4.78 is 27.6. The predicted molar refractivity (Wildman–Crippen MR) is 104 cm³/mol. The molecule has 2 saturated heterocycles. The Kier molecular flexibility index (Phi) is 7.07. The molecule has 2 heterocycles. The number of carbonyl (C=O) groups excluding carboxylic acids is 1. The Morgan fingerprint density at radius 2 is 1.85 bits per heavy atom. The van der Waals surface area contributed by atoms with Crippen LogP contribution in [0.5, 0.6) is 0 Å². The second-order valence-electron chi connectivity index (χ2n) is 7.00. The number of benzene rings is 1. The summed E-state index contributed by atoms with van der Waals surface area (Å²) in [5.41, 5.74) is 1.14. The number of piperazine rings is 1. The first-order valence-corrected chi connectivity index (χ1v) is 10.5. The Morgan fingerprint density at radius 3 is 2.50 bits per heavy atom. The van der Waals surface area contributed by atoms with Crippen LogP contribution in [0.3, 0.4) is 0 Å². The quantitative estimate of drug-likeness (QED) is 0.841. The summed E-state index contributed by atoms with van der Waals surface area (Å²) in [7, 11) is -3.54. The molecule has 1 amide bonds. The highest BCUT2D eigenvalue weighted by Crippen LogP contribution is 2.25. The minimum atomic E-state index is -3.54. The molecule has 2 aliphatic rings. The smallest absolute Gasteiger partial charge is 0.254 e. The molecule has 1 aromatic carbocycles. The van der Waals surface area contributed by atoms with Crippen molar-refractivity contribution in [1.29, 1.82) is 0 Å². The zero-order valence-electron chi connectivity index (χ0n) is 15.4. The van der Waals surface area contributed by atoms with Crippen LogP contribution in [-0.4, -0.2) is 62.3 Å². The van der Waals surface area contributed by atoms with Gasteiger partial charge in [-0.15, -0.1) is 12.4 Å². The SMILES string of the molecule is Cc1ccc(C(=O)N2CCNC[C@H]2C)cc1S(=O)(=O)N1CCCCC1.Cl. The average molecular weight is 402 g/mol. The monoisotopic (exact) mass is 401 g/mol. The maximum Gasteiger partial charge on any atom is 0.254 e. The summed E-state index contributed by atoms with van der Waals surface area (Å²) in [4.78, 5) is 15.0. The van der Waals surface area contributed by atoms with Crippen molar-refractivity contribution in [1.82, 2.24) is 14.5 Å². The Balaban J connectivity index is 0.00000243. The van der Waals surface area contributed by atoms with E-state index in [2.05, 4.69) is 5.32 Å². The van der Waals surface area contributed by atoms with Crippen LogP contribution in [0, 0.1) is 6.92 Å². The zero-order chi connectivity index (χ0) is 18.0. The number of hydrogen-bond donors (Lipinski definition) is 1. The van der Waals surface area contributed by atoms with Gasteiger partial charge in [0, 0.05) is 44.3 Å². The summed E-state index contributed by atoms with van der Waals surface area (Å²) in [6, 6.07) is 5.15. The van der Waals surface area contributed by atoms with Crippen LogP contribution in [0.2, 0.25) is 0 Å². The molecule has 0 bridgehead atoms. The standard InChI is InChI=1S/C18H27N3O3S.ClH/c1-14-6-7-16(18(22)21-11-8-19-13-15(21)2)12-17(14)25(23,24)20-9-4-3-5-10-20;/h6-7,12,15,19H,3-5,8-11,13H2,1-2H3;1H/t15-;/m1./s1. The van der Waals surface area contributed by atoms with Gasteiger partial charge >= 0.3 is 0 Å². The summed E-state index contributed by atoms with van der Waals surface area (Å²) >= 11 is 0. The van der Waals surface area contributed by atoms with E-state index >= 15 is 0 Å². The molecule has 2 fully saturated rings. The fourth-order valence-electron chi connectivity index (χ4n) is 3.56. The van der Waals surface area contributed by atoms with Crippen molar-refractivity contribution in [3.63, 3.8) is 0 Å². The normalized spacial score (nSPS) is 21.9. The van der Waals surface area contributed by atoms with Crippen molar-refractivity contribution in [3.05, 3.63) is 29.3 Å². The lowest BCUT2D eigenvalue weighted by atomic mass is 10.1. The van der Waals surface area contributed by atoms with Gasteiger partial charge in [-0.2, -0.15) is 4.31 Å². The lowest BCUT2D eigenvalue weighted by Crippen LogP contribution is -2.52. The second kappa shape index (κ2) is 8.69. The molecule has 0 spiro atoms. The van der Waals surface area contributed by atoms with Gasteiger partial charge in [-0.3, -0.25) is 4.79 Å². The molecule has 6 nitrogen and oxygen atoms in total. The van der Waals surface area contributed by atoms with Crippen molar-refractivity contribution in [2.45, 2.75) is 44.0 Å². The van der Waals surface area contributed by atoms with Crippen molar-refractivity contribution in [2.75, 3.05) is 32.7 Å². The molecular weight excluding hydrogens is 374 g/mol. The van der Waals surface area contributed by atoms with Crippen LogP contribution in [-0.2, 0) is 10.0 Å². The number of piperidine rings is 1. The summed E-state index contributed by atoms with van der Waals surface area (Å²) in [6.07, 6.45) is 2.87. The van der Waals surface area contributed by atoms with E-state index < -0.39 is 10.0 Å². The molecule has 3 rings (SSSR count). The molecular formula is C18H28ClN3O3S. The van der Waals surface area contributed by atoms with E-state index in [0.717, 1.165) is 32.4 Å². The molecule has 26 heavy (non-hydrogen) atoms. The van der Waals surface area contributed by atoms with Gasteiger partial charge in [0.2, 0.25) is 10.0 Å². The van der Waals surface area contributed by atoms with Crippen LogP contribution < -0.4 is 5.32 Å². The van der Waals surface area contributed by atoms with E-state index in [4.69, 9.17) is 0 Å². The molecule has 1 atom stereocenters. The molecule has 0 radical (unpaired) electrons. The van der Waals surface area contributed by atoms with E-state index in [1.807, 2.05) is 11.8 Å². The number of nitrogens with one attached hydrogen (secondary N) is 1. The molecule has 1 N–H and O–H groups in total. The molecule has 0 saturated carbocycles. The van der Waals surface area contributed by atoms with E-state index in [0.29, 0.717) is 30.8 Å². The summed E-state index contributed by atoms with van der Waals surface area (Å²) in [5, 5.41) is 3.26. The van der Waals surface area contributed by atoms with Gasteiger partial charge in [0.1, 0.15) is 0 Å². The van der Waals surface area contributed by atoms with E-state index in [1.165, 1.54) is 0 Å². The zero-order valence-corrected chi connectivity index (χ0v) is 17.0. The van der Waals surface area contributed by atoms with E-state index in [9.17, 15) is 13.2 Å². The van der Waals surface area contributed by atoms with Crippen LogP contribution in [0.4, 0.5) is 0 Å². The largest absolute Gasteiger partial charge is 0.333 e. The first-order chi connectivity index (χ1) is 11.9. The van der Waals surface area contributed by atoms with Crippen molar-refractivity contribution < 1.29 is 13.2 Å². The first kappa shape index (κ1) is 21.2. The van der Waals surface area contributed by atoms with Gasteiger partial charge in [-0.05, 0) is 44.4 Å². The third-order valence-electron chi connectivity index (χ3n) is 5.13. The molecule has 0 unspecified atom stereocenters. The van der Waals surface area contributed by atoms with Gasteiger partial charge in [0.15, 0.2) is 0 Å². The molecule has 146 valence electrons. The number of aryl methyl sites for hydroxylation is 1. The Morgan fingerprint density at radius 1 is 1.15 bits per heavy atom. The van der Waals surface area contributed by atoms with Crippen molar-refractivity contribution >= 4 is 28.3 Å². The number of amides is 1. The van der Waals surface area contributed by atoms with Crippen molar-refractivity contribution in [2.24, 2.45) is 0 Å². The first-order valence-electron chi connectivity index (χ1n) is 9.04. The lowest BCUT2D eigenvalue weighted by Gasteiger charge is -2.34. The van der Waals surface area contributed by atoms with Crippen LogP contribution >= 0.6 is 12.4 Å². The van der Waals surface area contributed by atoms with E-state index in [1.54, 1.807) is 29.4 Å².